The van der Waals surface area contributed by atoms with Crippen molar-refractivity contribution in [3.8, 4) is 0 Å². The predicted molar refractivity (Wildman–Crippen MR) is 82.1 cm³/mol. The van der Waals surface area contributed by atoms with E-state index >= 15 is 0 Å². The summed E-state index contributed by atoms with van der Waals surface area (Å²) in [6.07, 6.45) is 2.15. The van der Waals surface area contributed by atoms with Crippen LogP contribution in [0.1, 0.15) is 19.0 Å². The fourth-order valence-electron chi connectivity index (χ4n) is 1.77. The molecule has 6 nitrogen and oxygen atoms in total. The molecule has 21 heavy (non-hydrogen) atoms. The van der Waals surface area contributed by atoms with E-state index in [0.29, 0.717) is 30.2 Å². The molecule has 0 bridgehead atoms. The van der Waals surface area contributed by atoms with Crippen molar-refractivity contribution in [2.24, 2.45) is 0 Å². The number of carbonyl (C=O) groups excluding carboxylic acids is 1. The number of para-hydroxylation sites is 1. The molecule has 1 aromatic heterocycles. The third kappa shape index (κ3) is 4.84. The van der Waals surface area contributed by atoms with Gasteiger partial charge in [0.1, 0.15) is 0 Å². The molecular weight excluding hydrogens is 290 g/mol. The van der Waals surface area contributed by atoms with E-state index in [1.807, 2.05) is 25.3 Å². The van der Waals surface area contributed by atoms with Crippen LogP contribution in [0.2, 0.25) is 5.02 Å². The largest absolute Gasteiger partial charge is 0.325 e. The van der Waals surface area contributed by atoms with Crippen molar-refractivity contribution in [2.75, 3.05) is 11.9 Å². The van der Waals surface area contributed by atoms with Gasteiger partial charge in [0.2, 0.25) is 5.91 Å². The second-order valence-electron chi connectivity index (χ2n) is 4.53. The van der Waals surface area contributed by atoms with Gasteiger partial charge < -0.3 is 10.6 Å². The quantitative estimate of drug-likeness (QED) is 0.821. The van der Waals surface area contributed by atoms with Gasteiger partial charge in [-0.05, 0) is 18.7 Å². The van der Waals surface area contributed by atoms with Crippen molar-refractivity contribution in [3.63, 3.8) is 0 Å². The Kier molecular flexibility index (Phi) is 5.71. The molecule has 1 amide bonds. The van der Waals surface area contributed by atoms with Crippen LogP contribution in [-0.2, 0) is 17.9 Å². The number of hydrogen-bond donors (Lipinski definition) is 2. The van der Waals surface area contributed by atoms with Gasteiger partial charge in [-0.3, -0.25) is 9.48 Å². The molecule has 0 unspecified atom stereocenters. The molecule has 0 aliphatic rings. The Morgan fingerprint density at radius 1 is 1.38 bits per heavy atom. The summed E-state index contributed by atoms with van der Waals surface area (Å²) in [5.74, 6) is -0.105. The highest BCUT2D eigenvalue weighted by atomic mass is 35.5. The summed E-state index contributed by atoms with van der Waals surface area (Å²) in [6, 6.07) is 7.15. The molecule has 0 atom stereocenters. The highest BCUT2D eigenvalue weighted by Crippen LogP contribution is 2.20. The molecular formula is C14H18ClN5O. The molecule has 0 spiro atoms. The van der Waals surface area contributed by atoms with Crippen LogP contribution in [0.4, 0.5) is 5.69 Å². The first-order valence-corrected chi connectivity index (χ1v) is 7.21. The minimum atomic E-state index is -0.105. The van der Waals surface area contributed by atoms with Crippen LogP contribution in [0.3, 0.4) is 0 Å². The summed E-state index contributed by atoms with van der Waals surface area (Å²) >= 11 is 5.99. The van der Waals surface area contributed by atoms with Crippen molar-refractivity contribution >= 4 is 23.2 Å². The molecule has 0 aliphatic carbocycles. The third-order valence-corrected chi connectivity index (χ3v) is 3.19. The molecule has 0 radical (unpaired) electrons. The van der Waals surface area contributed by atoms with Gasteiger partial charge in [0.25, 0.3) is 0 Å². The molecule has 1 heterocycles. The molecule has 0 saturated heterocycles. The number of carbonyl (C=O) groups is 1. The molecule has 112 valence electrons. The molecule has 7 heteroatoms. The lowest BCUT2D eigenvalue weighted by molar-refractivity contribution is -0.116. The predicted octanol–water partition coefficient (Wildman–Crippen LogP) is 2.07. The summed E-state index contributed by atoms with van der Waals surface area (Å²) in [5, 5.41) is 14.5. The minimum absolute atomic E-state index is 0.105. The van der Waals surface area contributed by atoms with Crippen LogP contribution in [-0.4, -0.2) is 27.4 Å². The van der Waals surface area contributed by atoms with E-state index in [4.69, 9.17) is 11.6 Å². The minimum Gasteiger partial charge on any atom is -0.325 e. The Balaban J connectivity index is 1.81. The average molecular weight is 308 g/mol. The number of hydrogen-bond acceptors (Lipinski definition) is 4. The maximum absolute atomic E-state index is 11.9. The molecule has 1 aromatic carbocycles. The zero-order chi connectivity index (χ0) is 15.1. The van der Waals surface area contributed by atoms with Crippen molar-refractivity contribution in [2.45, 2.75) is 26.4 Å². The second kappa shape index (κ2) is 7.75. The number of nitrogens with one attached hydrogen (secondary N) is 2. The van der Waals surface area contributed by atoms with Gasteiger partial charge in [0, 0.05) is 19.2 Å². The lowest BCUT2D eigenvalue weighted by Gasteiger charge is -2.06. The summed E-state index contributed by atoms with van der Waals surface area (Å²) in [7, 11) is 0. The Bertz CT molecular complexity index is 599. The van der Waals surface area contributed by atoms with E-state index in [2.05, 4.69) is 20.9 Å². The van der Waals surface area contributed by atoms with E-state index in [-0.39, 0.29) is 5.91 Å². The number of aromatic nitrogens is 3. The standard InChI is InChI=1S/C14H18ClN5O/c1-2-16-9-11-10-20(19-18-11)8-7-14(21)17-13-6-4-3-5-12(13)15/h3-6,10,16H,2,7-9H2,1H3,(H,17,21). The number of amides is 1. The van der Waals surface area contributed by atoms with Gasteiger partial charge >= 0.3 is 0 Å². The van der Waals surface area contributed by atoms with Crippen molar-refractivity contribution in [1.29, 1.82) is 0 Å². The Labute approximate surface area is 128 Å². The smallest absolute Gasteiger partial charge is 0.226 e. The lowest BCUT2D eigenvalue weighted by Crippen LogP contribution is -2.15. The third-order valence-electron chi connectivity index (χ3n) is 2.86. The molecule has 2 rings (SSSR count). The first kappa shape index (κ1) is 15.5. The monoisotopic (exact) mass is 307 g/mol. The zero-order valence-electron chi connectivity index (χ0n) is 11.8. The van der Waals surface area contributed by atoms with Gasteiger partial charge in [-0.25, -0.2) is 0 Å². The molecule has 0 aliphatic heterocycles. The zero-order valence-corrected chi connectivity index (χ0v) is 12.6. The van der Waals surface area contributed by atoms with E-state index in [9.17, 15) is 4.79 Å². The molecule has 2 aromatic rings. The highest BCUT2D eigenvalue weighted by molar-refractivity contribution is 6.33. The summed E-state index contributed by atoms with van der Waals surface area (Å²) < 4.78 is 1.67. The molecule has 0 saturated carbocycles. The van der Waals surface area contributed by atoms with Crippen LogP contribution in [0.25, 0.3) is 0 Å². The first-order valence-electron chi connectivity index (χ1n) is 6.83. The van der Waals surface area contributed by atoms with E-state index in [1.54, 1.807) is 16.8 Å². The molecule has 2 N–H and O–H groups in total. The van der Waals surface area contributed by atoms with Gasteiger partial charge in [-0.1, -0.05) is 35.9 Å². The van der Waals surface area contributed by atoms with Crippen LogP contribution in [0, 0.1) is 0 Å². The number of anilines is 1. The topological polar surface area (TPSA) is 71.8 Å². The van der Waals surface area contributed by atoms with E-state index in [0.717, 1.165) is 12.2 Å². The second-order valence-corrected chi connectivity index (χ2v) is 4.94. The fourth-order valence-corrected chi connectivity index (χ4v) is 1.96. The maximum Gasteiger partial charge on any atom is 0.226 e. The van der Waals surface area contributed by atoms with Crippen molar-refractivity contribution in [1.82, 2.24) is 20.3 Å². The first-order chi connectivity index (χ1) is 10.2. The molecule has 0 fully saturated rings. The Hall–Kier alpha value is -1.92. The van der Waals surface area contributed by atoms with E-state index in [1.165, 1.54) is 0 Å². The van der Waals surface area contributed by atoms with Gasteiger partial charge in [-0.15, -0.1) is 5.10 Å². The van der Waals surface area contributed by atoms with Crippen LogP contribution >= 0.6 is 11.6 Å². The van der Waals surface area contributed by atoms with Gasteiger partial charge in [-0.2, -0.15) is 0 Å². The highest BCUT2D eigenvalue weighted by Gasteiger charge is 2.07. The van der Waals surface area contributed by atoms with Gasteiger partial charge in [0.15, 0.2) is 0 Å². The van der Waals surface area contributed by atoms with Crippen molar-refractivity contribution in [3.05, 3.63) is 41.2 Å². The Morgan fingerprint density at radius 3 is 2.95 bits per heavy atom. The van der Waals surface area contributed by atoms with Crippen LogP contribution in [0.5, 0.6) is 0 Å². The maximum atomic E-state index is 11.9. The Morgan fingerprint density at radius 2 is 2.19 bits per heavy atom. The van der Waals surface area contributed by atoms with Gasteiger partial charge in [0.05, 0.1) is 22.9 Å². The lowest BCUT2D eigenvalue weighted by atomic mass is 10.3. The number of benzene rings is 1. The van der Waals surface area contributed by atoms with E-state index < -0.39 is 0 Å². The number of aryl methyl sites for hydroxylation is 1. The van der Waals surface area contributed by atoms with Crippen molar-refractivity contribution < 1.29 is 4.79 Å². The fraction of sp³-hybridized carbons (Fsp3) is 0.357. The normalized spacial score (nSPS) is 10.6. The summed E-state index contributed by atoms with van der Waals surface area (Å²) in [4.78, 5) is 11.9. The average Bonchev–Trinajstić information content (AvgIpc) is 2.93. The number of nitrogens with zero attached hydrogens (tertiary/aromatic N) is 3. The summed E-state index contributed by atoms with van der Waals surface area (Å²) in [6.45, 7) is 4.08. The summed E-state index contributed by atoms with van der Waals surface area (Å²) in [5.41, 5.74) is 1.49. The van der Waals surface area contributed by atoms with Crippen LogP contribution < -0.4 is 10.6 Å². The number of rotatable bonds is 7. The van der Waals surface area contributed by atoms with Crippen LogP contribution in [0.15, 0.2) is 30.5 Å². The number of halogens is 1. The SMILES string of the molecule is CCNCc1cn(CCC(=O)Nc2ccccc2Cl)nn1.